The smallest absolute Gasteiger partial charge is 0.121 e. The average molecular weight is 210 g/mol. The molecule has 0 amide bonds. The van der Waals surface area contributed by atoms with Crippen LogP contribution in [0, 0.1) is 6.92 Å². The molecule has 0 aromatic heterocycles. The van der Waals surface area contributed by atoms with Crippen LogP contribution in [0.3, 0.4) is 0 Å². The second kappa shape index (κ2) is 5.58. The first-order chi connectivity index (χ1) is 7.15. The molecule has 0 fully saturated rings. The van der Waals surface area contributed by atoms with E-state index in [-0.39, 0.29) is 6.61 Å². The zero-order valence-corrected chi connectivity index (χ0v) is 9.12. The second-order valence-electron chi connectivity index (χ2n) is 3.45. The lowest BCUT2D eigenvalue weighted by Gasteiger charge is -2.15. The molecule has 0 aliphatic heterocycles. The van der Waals surface area contributed by atoms with Crippen LogP contribution in [0.2, 0.25) is 0 Å². The molecule has 84 valence electrons. The largest absolute Gasteiger partial charge is 0.395 e. The van der Waals surface area contributed by atoms with E-state index >= 15 is 0 Å². The van der Waals surface area contributed by atoms with Gasteiger partial charge in [-0.1, -0.05) is 6.07 Å². The van der Waals surface area contributed by atoms with E-state index in [9.17, 15) is 5.11 Å². The van der Waals surface area contributed by atoms with Crippen LogP contribution >= 0.6 is 0 Å². The quantitative estimate of drug-likeness (QED) is 0.550. The monoisotopic (exact) mass is 210 g/mol. The predicted octanol–water partition coefficient (Wildman–Crippen LogP) is 1.15. The van der Waals surface area contributed by atoms with E-state index in [1.807, 2.05) is 25.1 Å². The van der Waals surface area contributed by atoms with Crippen molar-refractivity contribution in [2.24, 2.45) is 0 Å². The van der Waals surface area contributed by atoms with E-state index in [4.69, 9.17) is 5.11 Å². The van der Waals surface area contributed by atoms with Crippen molar-refractivity contribution < 1.29 is 10.2 Å². The zero-order valence-electron chi connectivity index (χ0n) is 9.12. The van der Waals surface area contributed by atoms with E-state index < -0.39 is 6.23 Å². The van der Waals surface area contributed by atoms with Gasteiger partial charge < -0.3 is 20.8 Å². The molecule has 4 heteroatoms. The van der Waals surface area contributed by atoms with E-state index in [1.54, 1.807) is 6.92 Å². The average Bonchev–Trinajstić information content (AvgIpc) is 2.19. The molecule has 0 saturated heterocycles. The van der Waals surface area contributed by atoms with Gasteiger partial charge in [-0.2, -0.15) is 0 Å². The van der Waals surface area contributed by atoms with Crippen molar-refractivity contribution in [2.75, 3.05) is 23.8 Å². The third-order valence-electron chi connectivity index (χ3n) is 2.13. The van der Waals surface area contributed by atoms with Crippen LogP contribution in [0.5, 0.6) is 0 Å². The van der Waals surface area contributed by atoms with Gasteiger partial charge in [0.15, 0.2) is 0 Å². The second-order valence-corrected chi connectivity index (χ2v) is 3.45. The van der Waals surface area contributed by atoms with Crippen molar-refractivity contribution in [3.05, 3.63) is 23.8 Å². The Labute approximate surface area is 89.9 Å². The lowest BCUT2D eigenvalue weighted by atomic mass is 10.1. The molecule has 0 saturated carbocycles. The fraction of sp³-hybridized carbons (Fsp3) is 0.455. The summed E-state index contributed by atoms with van der Waals surface area (Å²) in [6, 6.07) is 5.75. The van der Waals surface area contributed by atoms with Crippen LogP contribution < -0.4 is 10.6 Å². The molecular formula is C11H18N2O2. The number of aliphatic hydroxyl groups excluding tert-OH is 2. The van der Waals surface area contributed by atoms with Crippen LogP contribution in [0.25, 0.3) is 0 Å². The molecule has 0 bridgehead atoms. The minimum atomic E-state index is -0.572. The normalized spacial score (nSPS) is 12.3. The molecule has 15 heavy (non-hydrogen) atoms. The summed E-state index contributed by atoms with van der Waals surface area (Å²) in [5.74, 6) is 0. The summed E-state index contributed by atoms with van der Waals surface area (Å²) < 4.78 is 0. The molecule has 4 N–H and O–H groups in total. The summed E-state index contributed by atoms with van der Waals surface area (Å²) in [6.45, 7) is 4.27. The van der Waals surface area contributed by atoms with Crippen LogP contribution in [-0.4, -0.2) is 29.6 Å². The highest BCUT2D eigenvalue weighted by Crippen LogP contribution is 2.23. The summed E-state index contributed by atoms with van der Waals surface area (Å²) in [7, 11) is 0. The van der Waals surface area contributed by atoms with Crippen LogP contribution in [-0.2, 0) is 0 Å². The third-order valence-corrected chi connectivity index (χ3v) is 2.13. The SMILES string of the molecule is Cc1c(NCCO)cccc1NC(C)O. The minimum absolute atomic E-state index is 0.105. The summed E-state index contributed by atoms with van der Waals surface area (Å²) in [5, 5.41) is 24.0. The Balaban J connectivity index is 2.80. The number of hydrogen-bond donors (Lipinski definition) is 4. The molecule has 0 aliphatic carbocycles. The molecule has 0 radical (unpaired) electrons. The fourth-order valence-corrected chi connectivity index (χ4v) is 1.40. The predicted molar refractivity (Wildman–Crippen MR) is 62.1 cm³/mol. The van der Waals surface area contributed by atoms with E-state index in [0.29, 0.717) is 6.54 Å². The highest BCUT2D eigenvalue weighted by atomic mass is 16.3. The van der Waals surface area contributed by atoms with Gasteiger partial charge in [0.25, 0.3) is 0 Å². The topological polar surface area (TPSA) is 64.5 Å². The standard InChI is InChI=1S/C11H18N2O2/c1-8-10(12-6-7-14)4-3-5-11(8)13-9(2)15/h3-5,9,12-15H,6-7H2,1-2H3. The summed E-state index contributed by atoms with van der Waals surface area (Å²) in [6.07, 6.45) is -0.572. The Kier molecular flexibility index (Phi) is 4.39. The maximum Gasteiger partial charge on any atom is 0.121 e. The van der Waals surface area contributed by atoms with Gasteiger partial charge in [-0.25, -0.2) is 0 Å². The Bertz CT molecular complexity index is 313. The van der Waals surface area contributed by atoms with Gasteiger partial charge in [-0.3, -0.25) is 0 Å². The molecule has 4 nitrogen and oxygen atoms in total. The van der Waals surface area contributed by atoms with Gasteiger partial charge in [-0.05, 0) is 31.5 Å². The van der Waals surface area contributed by atoms with Crippen LogP contribution in [0.4, 0.5) is 11.4 Å². The third kappa shape index (κ3) is 3.42. The Morgan fingerprint density at radius 2 is 2.00 bits per heavy atom. The lowest BCUT2D eigenvalue weighted by molar-refractivity contribution is 0.224. The summed E-state index contributed by atoms with van der Waals surface area (Å²) >= 11 is 0. The molecule has 0 spiro atoms. The molecule has 1 rings (SSSR count). The van der Waals surface area contributed by atoms with Gasteiger partial charge >= 0.3 is 0 Å². The number of aliphatic hydroxyl groups is 2. The Morgan fingerprint density at radius 1 is 1.33 bits per heavy atom. The van der Waals surface area contributed by atoms with Gasteiger partial charge in [0.05, 0.1) is 6.61 Å². The molecular weight excluding hydrogens is 192 g/mol. The highest BCUT2D eigenvalue weighted by Gasteiger charge is 2.04. The molecule has 1 aromatic rings. The first kappa shape index (κ1) is 11.8. The summed E-state index contributed by atoms with van der Waals surface area (Å²) in [4.78, 5) is 0. The summed E-state index contributed by atoms with van der Waals surface area (Å²) in [5.41, 5.74) is 2.90. The van der Waals surface area contributed by atoms with Crippen molar-refractivity contribution in [1.29, 1.82) is 0 Å². The number of nitrogens with one attached hydrogen (secondary N) is 2. The van der Waals surface area contributed by atoms with E-state index in [1.165, 1.54) is 0 Å². The number of hydrogen-bond acceptors (Lipinski definition) is 4. The van der Waals surface area contributed by atoms with Gasteiger partial charge in [0.2, 0.25) is 0 Å². The number of anilines is 2. The van der Waals surface area contributed by atoms with Crippen molar-refractivity contribution in [3.8, 4) is 0 Å². The van der Waals surface area contributed by atoms with E-state index in [2.05, 4.69) is 10.6 Å². The highest BCUT2D eigenvalue weighted by molar-refractivity contribution is 5.65. The maximum atomic E-state index is 9.23. The van der Waals surface area contributed by atoms with Crippen LogP contribution in [0.15, 0.2) is 18.2 Å². The molecule has 1 aromatic carbocycles. The van der Waals surface area contributed by atoms with Crippen LogP contribution in [0.1, 0.15) is 12.5 Å². The van der Waals surface area contributed by atoms with Crippen molar-refractivity contribution in [3.63, 3.8) is 0 Å². The lowest BCUT2D eigenvalue weighted by Crippen LogP contribution is -2.15. The molecule has 0 heterocycles. The van der Waals surface area contributed by atoms with Crippen molar-refractivity contribution in [2.45, 2.75) is 20.1 Å². The van der Waals surface area contributed by atoms with Crippen molar-refractivity contribution in [1.82, 2.24) is 0 Å². The fourth-order valence-electron chi connectivity index (χ4n) is 1.40. The number of benzene rings is 1. The van der Waals surface area contributed by atoms with Gasteiger partial charge in [-0.15, -0.1) is 0 Å². The molecule has 0 aliphatic rings. The van der Waals surface area contributed by atoms with Crippen molar-refractivity contribution >= 4 is 11.4 Å². The molecule has 1 atom stereocenters. The molecule has 1 unspecified atom stereocenters. The first-order valence-corrected chi connectivity index (χ1v) is 5.04. The maximum absolute atomic E-state index is 9.23. The Hall–Kier alpha value is -1.26. The number of rotatable bonds is 5. The minimum Gasteiger partial charge on any atom is -0.395 e. The van der Waals surface area contributed by atoms with Gasteiger partial charge in [0.1, 0.15) is 6.23 Å². The van der Waals surface area contributed by atoms with E-state index in [0.717, 1.165) is 16.9 Å². The zero-order chi connectivity index (χ0) is 11.3. The van der Waals surface area contributed by atoms with Gasteiger partial charge in [0, 0.05) is 17.9 Å². The first-order valence-electron chi connectivity index (χ1n) is 5.04. The Morgan fingerprint density at radius 3 is 2.60 bits per heavy atom.